The summed E-state index contributed by atoms with van der Waals surface area (Å²) >= 11 is 4.04. The number of nitrogens with two attached hydrogens (primary N) is 2. The monoisotopic (exact) mass is 485 g/mol. The van der Waals surface area contributed by atoms with E-state index in [0.29, 0.717) is 12.1 Å². The number of carboxylic acid groups (broad SMARTS) is 1. The summed E-state index contributed by atoms with van der Waals surface area (Å²) in [6.45, 7) is 3.57. The number of hydrogen-bond acceptors (Lipinski definition) is 8. The molecule has 14 heteroatoms. The third-order valence-corrected chi connectivity index (χ3v) is 5.33. The second-order valence-corrected chi connectivity index (χ2v) is 7.94. The minimum Gasteiger partial charge on any atom is -0.480 e. The fourth-order valence-electron chi connectivity index (χ4n) is 2.82. The van der Waals surface area contributed by atoms with Crippen molar-refractivity contribution in [2.24, 2.45) is 17.4 Å². The topological polar surface area (TPSA) is 222 Å². The van der Waals surface area contributed by atoms with Gasteiger partial charge < -0.3 is 37.5 Å². The fourth-order valence-corrected chi connectivity index (χ4v) is 3.07. The van der Waals surface area contributed by atoms with Gasteiger partial charge in [0.05, 0.1) is 18.8 Å². The van der Waals surface area contributed by atoms with Gasteiger partial charge in [-0.1, -0.05) is 20.3 Å². The third kappa shape index (κ3) is 9.10. The number of carbonyl (C=O) groups is 5. The van der Waals surface area contributed by atoms with Gasteiger partial charge in [-0.15, -0.1) is 0 Å². The van der Waals surface area contributed by atoms with E-state index >= 15 is 0 Å². The van der Waals surface area contributed by atoms with Crippen LogP contribution in [0.3, 0.4) is 0 Å². The molecule has 33 heavy (non-hydrogen) atoms. The number of hydrogen-bond donors (Lipinski definition) is 8. The van der Waals surface area contributed by atoms with Gasteiger partial charge in [0.15, 0.2) is 0 Å². The number of primary amides is 1. The first-order chi connectivity index (χ1) is 15.5. The Bertz CT molecular complexity index is 835. The zero-order valence-electron chi connectivity index (χ0n) is 18.4. The van der Waals surface area contributed by atoms with Crippen LogP contribution >= 0.6 is 12.6 Å². The Labute approximate surface area is 196 Å². The van der Waals surface area contributed by atoms with Crippen LogP contribution < -0.4 is 27.4 Å². The van der Waals surface area contributed by atoms with Crippen molar-refractivity contribution in [1.29, 1.82) is 0 Å². The number of carbonyl (C=O) groups excluding carboxylic acids is 4. The van der Waals surface area contributed by atoms with Crippen LogP contribution in [0.4, 0.5) is 0 Å². The molecule has 1 aromatic heterocycles. The second kappa shape index (κ2) is 13.4. The molecule has 5 unspecified atom stereocenters. The maximum absolute atomic E-state index is 12.9. The molecule has 13 nitrogen and oxygen atoms in total. The minimum atomic E-state index is -1.56. The van der Waals surface area contributed by atoms with E-state index in [1.54, 1.807) is 6.92 Å². The highest BCUT2D eigenvalue weighted by molar-refractivity contribution is 7.80. The largest absolute Gasteiger partial charge is 0.480 e. The number of rotatable bonds is 14. The first-order valence-electron chi connectivity index (χ1n) is 10.3. The van der Waals surface area contributed by atoms with Crippen LogP contribution in [0.2, 0.25) is 0 Å². The number of aliphatic carboxylic acids is 1. The zero-order valence-corrected chi connectivity index (χ0v) is 19.3. The quantitative estimate of drug-likeness (QED) is 0.133. The lowest BCUT2D eigenvalue weighted by Crippen LogP contribution is -2.59. The Morgan fingerprint density at radius 3 is 2.24 bits per heavy atom. The lowest BCUT2D eigenvalue weighted by molar-refractivity contribution is -0.143. The van der Waals surface area contributed by atoms with E-state index in [1.807, 2.05) is 6.92 Å². The molecular weight excluding hydrogens is 454 g/mol. The highest BCUT2D eigenvalue weighted by Crippen LogP contribution is 2.10. The number of nitrogens with one attached hydrogen (secondary N) is 4. The maximum atomic E-state index is 12.9. The molecule has 184 valence electrons. The zero-order chi connectivity index (χ0) is 25.1. The van der Waals surface area contributed by atoms with Crippen molar-refractivity contribution in [3.63, 3.8) is 0 Å². The lowest BCUT2D eigenvalue weighted by Gasteiger charge is -2.27. The van der Waals surface area contributed by atoms with E-state index in [9.17, 15) is 24.0 Å². The van der Waals surface area contributed by atoms with Crippen molar-refractivity contribution in [2.75, 3.05) is 5.75 Å². The third-order valence-electron chi connectivity index (χ3n) is 4.96. The Morgan fingerprint density at radius 2 is 1.76 bits per heavy atom. The van der Waals surface area contributed by atoms with Crippen LogP contribution in [-0.2, 0) is 30.4 Å². The number of carboxylic acids is 1. The van der Waals surface area contributed by atoms with E-state index in [-0.39, 0.29) is 18.1 Å². The predicted octanol–water partition coefficient (Wildman–Crippen LogP) is -2.33. The molecule has 0 bridgehead atoms. The van der Waals surface area contributed by atoms with Gasteiger partial charge in [-0.05, 0) is 5.92 Å². The molecule has 0 aliphatic heterocycles. The molecule has 5 atom stereocenters. The normalized spacial score (nSPS) is 15.4. The van der Waals surface area contributed by atoms with Gasteiger partial charge in [-0.25, -0.2) is 9.78 Å². The number of aromatic amines is 1. The van der Waals surface area contributed by atoms with Crippen LogP contribution in [0.1, 0.15) is 32.4 Å². The summed E-state index contributed by atoms with van der Waals surface area (Å²) in [5.74, 6) is -4.94. The number of nitrogens with zero attached hydrogens (tertiary/aromatic N) is 1. The van der Waals surface area contributed by atoms with Gasteiger partial charge >= 0.3 is 5.97 Å². The fraction of sp³-hybridized carbons (Fsp3) is 0.579. The molecule has 0 aliphatic rings. The molecule has 0 aromatic carbocycles. The van der Waals surface area contributed by atoms with E-state index < -0.39 is 60.2 Å². The van der Waals surface area contributed by atoms with Crippen molar-refractivity contribution < 1.29 is 29.1 Å². The van der Waals surface area contributed by atoms with Crippen LogP contribution in [0.5, 0.6) is 0 Å². The van der Waals surface area contributed by atoms with Crippen LogP contribution in [-0.4, -0.2) is 74.6 Å². The number of aromatic nitrogens is 2. The summed E-state index contributed by atoms with van der Waals surface area (Å²) in [6.07, 6.45) is 3.08. The Morgan fingerprint density at radius 1 is 1.12 bits per heavy atom. The standard InChI is InChI=1S/C19H31N7O6S/c1-3-9(2)15(26-16(28)11(20)4-10-6-22-8-23-10)18(30)25-13(7-33)17(29)24-12(19(31)32)5-14(21)27/h6,8-9,11-13,15,33H,3-5,7,20H2,1-2H3,(H2,21,27)(H,22,23)(H,24,29)(H,25,30)(H,26,28)(H,31,32). The summed E-state index contributed by atoms with van der Waals surface area (Å²) in [4.78, 5) is 66.9. The molecule has 0 spiro atoms. The number of H-pyrrole nitrogens is 1. The number of imidazole rings is 1. The van der Waals surface area contributed by atoms with E-state index in [4.69, 9.17) is 16.6 Å². The van der Waals surface area contributed by atoms with Crippen LogP contribution in [0, 0.1) is 5.92 Å². The molecule has 0 radical (unpaired) electrons. The second-order valence-electron chi connectivity index (χ2n) is 7.57. The summed E-state index contributed by atoms with van der Waals surface area (Å²) in [7, 11) is 0. The van der Waals surface area contributed by atoms with E-state index in [0.717, 1.165) is 0 Å². The molecular formula is C19H31N7O6S. The van der Waals surface area contributed by atoms with Gasteiger partial charge in [-0.2, -0.15) is 12.6 Å². The lowest BCUT2D eigenvalue weighted by atomic mass is 9.97. The molecule has 0 fully saturated rings. The molecule has 9 N–H and O–H groups in total. The predicted molar refractivity (Wildman–Crippen MR) is 121 cm³/mol. The number of thiol groups is 1. The van der Waals surface area contributed by atoms with Crippen LogP contribution in [0.25, 0.3) is 0 Å². The smallest absolute Gasteiger partial charge is 0.326 e. The first-order valence-corrected chi connectivity index (χ1v) is 10.9. The van der Waals surface area contributed by atoms with Crippen molar-refractivity contribution in [3.05, 3.63) is 18.2 Å². The van der Waals surface area contributed by atoms with Crippen LogP contribution in [0.15, 0.2) is 12.5 Å². The highest BCUT2D eigenvalue weighted by Gasteiger charge is 2.32. The maximum Gasteiger partial charge on any atom is 0.326 e. The Hall–Kier alpha value is -3.13. The summed E-state index contributed by atoms with van der Waals surface area (Å²) in [5.41, 5.74) is 11.6. The average Bonchev–Trinajstić information content (AvgIpc) is 3.26. The molecule has 1 aromatic rings. The van der Waals surface area contributed by atoms with Crippen molar-refractivity contribution in [3.8, 4) is 0 Å². The van der Waals surface area contributed by atoms with Gasteiger partial charge in [-0.3, -0.25) is 19.2 Å². The highest BCUT2D eigenvalue weighted by atomic mass is 32.1. The van der Waals surface area contributed by atoms with Crippen molar-refractivity contribution >= 4 is 42.2 Å². The summed E-state index contributed by atoms with van der Waals surface area (Å²) in [5, 5.41) is 16.4. The average molecular weight is 486 g/mol. The number of amides is 4. The molecule has 4 amide bonds. The van der Waals surface area contributed by atoms with Crippen molar-refractivity contribution in [2.45, 2.75) is 57.3 Å². The van der Waals surface area contributed by atoms with Gasteiger partial charge in [0.1, 0.15) is 18.1 Å². The first kappa shape index (κ1) is 27.9. The Balaban J connectivity index is 2.85. The van der Waals surface area contributed by atoms with Crippen molar-refractivity contribution in [1.82, 2.24) is 25.9 Å². The van der Waals surface area contributed by atoms with Gasteiger partial charge in [0.2, 0.25) is 23.6 Å². The molecule has 0 saturated carbocycles. The summed E-state index contributed by atoms with van der Waals surface area (Å²) in [6, 6.07) is -4.73. The molecule has 0 aliphatic carbocycles. The minimum absolute atomic E-state index is 0.166. The molecule has 1 rings (SSSR count). The molecule has 1 heterocycles. The Kier molecular flexibility index (Phi) is 11.4. The van der Waals surface area contributed by atoms with Gasteiger partial charge in [0.25, 0.3) is 0 Å². The van der Waals surface area contributed by atoms with Gasteiger partial charge in [0, 0.05) is 24.1 Å². The summed E-state index contributed by atoms with van der Waals surface area (Å²) < 4.78 is 0. The SMILES string of the molecule is CCC(C)C(NC(=O)C(N)Cc1cnc[nH]1)C(=O)NC(CS)C(=O)NC(CC(N)=O)C(=O)O. The molecule has 0 saturated heterocycles. The van der Waals surface area contributed by atoms with E-state index in [2.05, 4.69) is 38.5 Å². The van der Waals surface area contributed by atoms with E-state index in [1.165, 1.54) is 12.5 Å².